The van der Waals surface area contributed by atoms with Gasteiger partial charge in [-0.2, -0.15) is 0 Å². The molecule has 0 unspecified atom stereocenters. The van der Waals surface area contributed by atoms with E-state index in [9.17, 15) is 4.79 Å². The predicted molar refractivity (Wildman–Crippen MR) is 58.9 cm³/mol. The summed E-state index contributed by atoms with van der Waals surface area (Å²) in [6, 6.07) is 6.61. The second-order valence-corrected chi connectivity index (χ2v) is 3.30. The second kappa shape index (κ2) is 4.72. The summed E-state index contributed by atoms with van der Waals surface area (Å²) in [6.07, 6.45) is 3.73. The third-order valence-electron chi connectivity index (χ3n) is 1.85. The quantitative estimate of drug-likeness (QED) is 0.767. The second-order valence-electron chi connectivity index (χ2n) is 2.94. The summed E-state index contributed by atoms with van der Waals surface area (Å²) < 4.78 is 5.39. The Morgan fingerprint density at radius 1 is 1.12 bits per heavy atom. The average Bonchev–Trinajstić information content (AvgIpc) is 2.33. The van der Waals surface area contributed by atoms with Crippen LogP contribution in [0.5, 0.6) is 11.6 Å². The van der Waals surface area contributed by atoms with Gasteiger partial charge in [0.1, 0.15) is 12.0 Å². The molecule has 2 aromatic rings. The van der Waals surface area contributed by atoms with Gasteiger partial charge >= 0.3 is 0 Å². The molecule has 0 fully saturated rings. The van der Waals surface area contributed by atoms with Crippen LogP contribution in [0, 0.1) is 0 Å². The third-order valence-corrected chi connectivity index (χ3v) is 2.11. The number of aldehydes is 1. The monoisotopic (exact) mass is 234 g/mol. The van der Waals surface area contributed by atoms with Gasteiger partial charge in [0.15, 0.2) is 5.15 Å². The van der Waals surface area contributed by atoms with Crippen molar-refractivity contribution >= 4 is 17.9 Å². The molecule has 4 nitrogen and oxygen atoms in total. The van der Waals surface area contributed by atoms with E-state index in [1.807, 2.05) is 0 Å². The fourth-order valence-electron chi connectivity index (χ4n) is 1.10. The number of carbonyl (C=O) groups is 1. The zero-order valence-electron chi connectivity index (χ0n) is 8.13. The summed E-state index contributed by atoms with van der Waals surface area (Å²) in [5.74, 6) is 0.788. The van der Waals surface area contributed by atoms with Crippen LogP contribution < -0.4 is 4.74 Å². The van der Waals surface area contributed by atoms with Crippen LogP contribution in [0.25, 0.3) is 0 Å². The molecule has 16 heavy (non-hydrogen) atoms. The highest BCUT2D eigenvalue weighted by atomic mass is 35.5. The Labute approximate surface area is 96.9 Å². The van der Waals surface area contributed by atoms with E-state index in [4.69, 9.17) is 16.3 Å². The molecule has 0 atom stereocenters. The number of carbonyl (C=O) groups excluding carboxylic acids is 1. The molecule has 0 aliphatic rings. The zero-order chi connectivity index (χ0) is 11.4. The summed E-state index contributed by atoms with van der Waals surface area (Å²) in [7, 11) is 0. The van der Waals surface area contributed by atoms with E-state index in [0.29, 0.717) is 11.3 Å². The minimum absolute atomic E-state index is 0.196. The van der Waals surface area contributed by atoms with Crippen LogP contribution >= 0.6 is 11.6 Å². The van der Waals surface area contributed by atoms with Gasteiger partial charge in [0.25, 0.3) is 5.88 Å². The van der Waals surface area contributed by atoms with Crippen molar-refractivity contribution in [2.24, 2.45) is 0 Å². The molecule has 0 amide bonds. The molecule has 2 rings (SSSR count). The van der Waals surface area contributed by atoms with E-state index in [1.54, 1.807) is 24.3 Å². The van der Waals surface area contributed by atoms with Crippen LogP contribution in [0.3, 0.4) is 0 Å². The van der Waals surface area contributed by atoms with Crippen LogP contribution in [0.2, 0.25) is 5.15 Å². The highest BCUT2D eigenvalue weighted by Crippen LogP contribution is 2.24. The van der Waals surface area contributed by atoms with Crippen molar-refractivity contribution in [1.82, 2.24) is 9.97 Å². The van der Waals surface area contributed by atoms with E-state index in [-0.39, 0.29) is 11.0 Å². The van der Waals surface area contributed by atoms with Gasteiger partial charge in [-0.3, -0.25) is 4.79 Å². The lowest BCUT2D eigenvalue weighted by molar-refractivity contribution is 0.112. The molecule has 0 radical (unpaired) electrons. The highest BCUT2D eigenvalue weighted by Gasteiger charge is 2.04. The van der Waals surface area contributed by atoms with Crippen LogP contribution in [0.15, 0.2) is 36.7 Å². The molecular weight excluding hydrogens is 228 g/mol. The van der Waals surface area contributed by atoms with Gasteiger partial charge in [-0.05, 0) is 24.3 Å². The van der Waals surface area contributed by atoms with Gasteiger partial charge in [-0.15, -0.1) is 0 Å². The summed E-state index contributed by atoms with van der Waals surface area (Å²) in [6.45, 7) is 0. The van der Waals surface area contributed by atoms with Crippen LogP contribution in [-0.2, 0) is 0 Å². The number of rotatable bonds is 3. The molecule has 1 aromatic carbocycles. The minimum Gasteiger partial charge on any atom is -0.436 e. The van der Waals surface area contributed by atoms with E-state index >= 15 is 0 Å². The molecule has 0 N–H and O–H groups in total. The molecule has 5 heteroatoms. The first kappa shape index (κ1) is 10.6. The van der Waals surface area contributed by atoms with Crippen molar-refractivity contribution in [2.45, 2.75) is 0 Å². The summed E-state index contributed by atoms with van der Waals surface area (Å²) in [5, 5.41) is 0.196. The number of nitrogens with zero attached hydrogens (tertiary/aromatic N) is 2. The molecule has 0 aliphatic carbocycles. The molecular formula is C11H7ClN2O2. The SMILES string of the molecule is O=Cc1ccc(Oc2nccnc2Cl)cc1. The normalized spacial score (nSPS) is 9.81. The van der Waals surface area contributed by atoms with Gasteiger partial charge in [0, 0.05) is 18.0 Å². The number of hydrogen-bond donors (Lipinski definition) is 0. The van der Waals surface area contributed by atoms with Crippen molar-refractivity contribution in [3.05, 3.63) is 47.4 Å². The fourth-order valence-corrected chi connectivity index (χ4v) is 1.25. The molecule has 0 saturated carbocycles. The Morgan fingerprint density at radius 3 is 2.44 bits per heavy atom. The van der Waals surface area contributed by atoms with Crippen molar-refractivity contribution in [3.8, 4) is 11.6 Å². The Bertz CT molecular complexity index is 500. The standard InChI is InChI=1S/C11H7ClN2O2/c12-10-11(14-6-5-13-10)16-9-3-1-8(7-15)2-4-9/h1-7H. The van der Waals surface area contributed by atoms with E-state index in [1.165, 1.54) is 12.4 Å². The van der Waals surface area contributed by atoms with Gasteiger partial charge in [0.05, 0.1) is 0 Å². The van der Waals surface area contributed by atoms with Crippen LogP contribution in [-0.4, -0.2) is 16.3 Å². The Balaban J connectivity index is 2.21. The van der Waals surface area contributed by atoms with Gasteiger partial charge in [0.2, 0.25) is 0 Å². The number of hydrogen-bond acceptors (Lipinski definition) is 4. The number of halogens is 1. The fraction of sp³-hybridized carbons (Fsp3) is 0. The Kier molecular flexibility index (Phi) is 3.12. The summed E-state index contributed by atoms with van der Waals surface area (Å²) in [5.41, 5.74) is 0.581. The third kappa shape index (κ3) is 2.35. The van der Waals surface area contributed by atoms with Gasteiger partial charge in [-0.1, -0.05) is 11.6 Å². The Morgan fingerprint density at radius 2 is 1.81 bits per heavy atom. The lowest BCUT2D eigenvalue weighted by Gasteiger charge is -2.04. The maximum Gasteiger partial charge on any atom is 0.257 e. The maximum absolute atomic E-state index is 10.4. The number of benzene rings is 1. The average molecular weight is 235 g/mol. The van der Waals surface area contributed by atoms with E-state index in [2.05, 4.69) is 9.97 Å². The Hall–Kier alpha value is -1.94. The minimum atomic E-state index is 0.196. The molecule has 0 saturated heterocycles. The molecule has 0 aliphatic heterocycles. The van der Waals surface area contributed by atoms with Crippen molar-refractivity contribution in [1.29, 1.82) is 0 Å². The first-order valence-electron chi connectivity index (χ1n) is 4.49. The van der Waals surface area contributed by atoms with Gasteiger partial charge < -0.3 is 4.74 Å². The first-order chi connectivity index (χ1) is 7.79. The van der Waals surface area contributed by atoms with Crippen molar-refractivity contribution in [3.63, 3.8) is 0 Å². The topological polar surface area (TPSA) is 52.1 Å². The predicted octanol–water partition coefficient (Wildman–Crippen LogP) is 2.73. The molecule has 1 aromatic heterocycles. The lowest BCUT2D eigenvalue weighted by Crippen LogP contribution is -1.90. The molecule has 1 heterocycles. The number of ether oxygens (including phenoxy) is 1. The summed E-state index contributed by atoms with van der Waals surface area (Å²) in [4.78, 5) is 18.2. The zero-order valence-corrected chi connectivity index (χ0v) is 8.89. The number of aromatic nitrogens is 2. The van der Waals surface area contributed by atoms with Crippen LogP contribution in [0.4, 0.5) is 0 Å². The molecule has 80 valence electrons. The first-order valence-corrected chi connectivity index (χ1v) is 4.87. The molecule has 0 bridgehead atoms. The highest BCUT2D eigenvalue weighted by molar-refractivity contribution is 6.30. The van der Waals surface area contributed by atoms with E-state index < -0.39 is 0 Å². The van der Waals surface area contributed by atoms with Crippen molar-refractivity contribution in [2.75, 3.05) is 0 Å². The van der Waals surface area contributed by atoms with Crippen LogP contribution in [0.1, 0.15) is 10.4 Å². The van der Waals surface area contributed by atoms with Crippen molar-refractivity contribution < 1.29 is 9.53 Å². The maximum atomic E-state index is 10.4. The largest absolute Gasteiger partial charge is 0.436 e. The van der Waals surface area contributed by atoms with Gasteiger partial charge in [-0.25, -0.2) is 9.97 Å². The lowest BCUT2D eigenvalue weighted by atomic mass is 10.2. The van der Waals surface area contributed by atoms with E-state index in [0.717, 1.165) is 6.29 Å². The molecule has 0 spiro atoms. The smallest absolute Gasteiger partial charge is 0.257 e. The summed E-state index contributed by atoms with van der Waals surface area (Å²) >= 11 is 5.78.